The van der Waals surface area contributed by atoms with Crippen LogP contribution in [0, 0.1) is 13.8 Å². The molecular weight excluding hydrogens is 236 g/mol. The summed E-state index contributed by atoms with van der Waals surface area (Å²) in [6.45, 7) is 4.54. The lowest BCUT2D eigenvalue weighted by molar-refractivity contribution is 1.03. The van der Waals surface area contributed by atoms with Crippen LogP contribution in [0.2, 0.25) is 0 Å². The van der Waals surface area contributed by atoms with E-state index in [0.717, 1.165) is 22.1 Å². The summed E-state index contributed by atoms with van der Waals surface area (Å²) >= 11 is 1.63. The number of rotatable bonds is 4. The maximum atomic E-state index is 5.35. The van der Waals surface area contributed by atoms with Gasteiger partial charge in [-0.15, -0.1) is 11.3 Å². The van der Waals surface area contributed by atoms with Gasteiger partial charge in [-0.2, -0.15) is 0 Å². The molecule has 0 saturated carbocycles. The molecule has 2 aromatic rings. The third-order valence-electron chi connectivity index (χ3n) is 2.29. The first-order valence-corrected chi connectivity index (χ1v) is 6.01. The van der Waals surface area contributed by atoms with E-state index >= 15 is 0 Å². The van der Waals surface area contributed by atoms with Gasteiger partial charge in [-0.25, -0.2) is 20.8 Å². The summed E-state index contributed by atoms with van der Waals surface area (Å²) in [5.74, 6) is 6.74. The molecule has 90 valence electrons. The smallest absolute Gasteiger partial charge is 0.148 e. The Hall–Kier alpha value is -1.73. The summed E-state index contributed by atoms with van der Waals surface area (Å²) < 4.78 is 0. The number of nitrogens with one attached hydrogen (secondary N) is 2. The predicted octanol–water partition coefficient (Wildman–Crippen LogP) is 1.45. The van der Waals surface area contributed by atoms with Crippen molar-refractivity contribution in [1.29, 1.82) is 0 Å². The van der Waals surface area contributed by atoms with Crippen molar-refractivity contribution in [2.45, 2.75) is 20.4 Å². The number of thiazole rings is 1. The molecule has 2 heterocycles. The van der Waals surface area contributed by atoms with Gasteiger partial charge in [0.15, 0.2) is 0 Å². The minimum absolute atomic E-state index is 0.623. The first-order valence-electron chi connectivity index (χ1n) is 5.14. The Bertz CT molecular complexity index is 509. The van der Waals surface area contributed by atoms with Gasteiger partial charge in [-0.3, -0.25) is 0 Å². The Balaban J connectivity index is 2.09. The van der Waals surface area contributed by atoms with Gasteiger partial charge in [-0.1, -0.05) is 0 Å². The zero-order valence-electron chi connectivity index (χ0n) is 9.69. The van der Waals surface area contributed by atoms with E-state index in [1.54, 1.807) is 11.3 Å². The number of hydrogen-bond acceptors (Lipinski definition) is 7. The number of nitrogens with two attached hydrogens (primary N) is 1. The van der Waals surface area contributed by atoms with Crippen molar-refractivity contribution in [2.75, 3.05) is 10.7 Å². The van der Waals surface area contributed by atoms with Crippen LogP contribution in [0.25, 0.3) is 0 Å². The van der Waals surface area contributed by atoms with Crippen LogP contribution in [0.5, 0.6) is 0 Å². The second-order valence-corrected chi connectivity index (χ2v) is 4.52. The molecule has 7 heteroatoms. The minimum atomic E-state index is 0.623. The highest BCUT2D eigenvalue weighted by Crippen LogP contribution is 2.18. The third-order valence-corrected chi connectivity index (χ3v) is 3.26. The van der Waals surface area contributed by atoms with Gasteiger partial charge in [0.25, 0.3) is 0 Å². The van der Waals surface area contributed by atoms with Gasteiger partial charge in [-0.05, 0) is 13.8 Å². The van der Waals surface area contributed by atoms with Gasteiger partial charge in [0.1, 0.15) is 23.0 Å². The zero-order valence-corrected chi connectivity index (χ0v) is 10.5. The minimum Gasteiger partial charge on any atom is -0.363 e. The molecule has 0 fully saturated rings. The Kier molecular flexibility index (Phi) is 3.50. The van der Waals surface area contributed by atoms with Gasteiger partial charge >= 0.3 is 0 Å². The number of anilines is 2. The molecule has 2 rings (SSSR count). The molecule has 0 amide bonds. The molecule has 0 spiro atoms. The number of nitrogen functional groups attached to an aromatic ring is 1. The van der Waals surface area contributed by atoms with E-state index in [2.05, 4.69) is 25.7 Å². The largest absolute Gasteiger partial charge is 0.363 e. The zero-order chi connectivity index (χ0) is 12.3. The Labute approximate surface area is 103 Å². The second-order valence-electron chi connectivity index (χ2n) is 3.58. The lowest BCUT2D eigenvalue weighted by atomic mass is 10.3. The summed E-state index contributed by atoms with van der Waals surface area (Å²) in [5.41, 5.74) is 4.46. The van der Waals surface area contributed by atoms with Crippen LogP contribution in [-0.4, -0.2) is 15.0 Å². The molecular formula is C10H14N6S. The fraction of sp³-hybridized carbons (Fsp3) is 0.300. The van der Waals surface area contributed by atoms with Crippen LogP contribution in [0.3, 0.4) is 0 Å². The molecule has 0 aliphatic rings. The summed E-state index contributed by atoms with van der Waals surface area (Å²) in [5, 5.41) is 6.27. The molecule has 0 radical (unpaired) electrons. The van der Waals surface area contributed by atoms with Gasteiger partial charge in [0.2, 0.25) is 0 Å². The Morgan fingerprint density at radius 3 is 2.71 bits per heavy atom. The average Bonchev–Trinajstić information content (AvgIpc) is 2.74. The highest BCUT2D eigenvalue weighted by atomic mass is 32.1. The normalized spacial score (nSPS) is 10.3. The maximum Gasteiger partial charge on any atom is 0.148 e. The molecule has 0 bridgehead atoms. The number of hydrogen-bond donors (Lipinski definition) is 3. The van der Waals surface area contributed by atoms with Crippen LogP contribution < -0.4 is 16.6 Å². The molecule has 0 aromatic carbocycles. The average molecular weight is 250 g/mol. The summed E-state index contributed by atoms with van der Waals surface area (Å²) in [4.78, 5) is 12.6. The van der Waals surface area contributed by atoms with E-state index < -0.39 is 0 Å². The lowest BCUT2D eigenvalue weighted by Crippen LogP contribution is -2.12. The highest BCUT2D eigenvalue weighted by Gasteiger charge is 2.06. The van der Waals surface area contributed by atoms with Crippen LogP contribution >= 0.6 is 11.3 Å². The summed E-state index contributed by atoms with van der Waals surface area (Å²) in [7, 11) is 0. The van der Waals surface area contributed by atoms with E-state index in [9.17, 15) is 0 Å². The predicted molar refractivity (Wildman–Crippen MR) is 68.8 cm³/mol. The number of hydrazine groups is 1. The molecule has 4 N–H and O–H groups in total. The van der Waals surface area contributed by atoms with E-state index in [1.165, 1.54) is 6.33 Å². The van der Waals surface area contributed by atoms with Crippen molar-refractivity contribution in [1.82, 2.24) is 15.0 Å². The van der Waals surface area contributed by atoms with E-state index in [-0.39, 0.29) is 0 Å². The number of nitrogens with zero attached hydrogens (tertiary/aromatic N) is 3. The highest BCUT2D eigenvalue weighted by molar-refractivity contribution is 7.09. The molecule has 0 aliphatic carbocycles. The van der Waals surface area contributed by atoms with Crippen LogP contribution in [0.4, 0.5) is 11.6 Å². The van der Waals surface area contributed by atoms with Crippen LogP contribution in [-0.2, 0) is 6.54 Å². The standard InChI is InChI=1S/C10H14N6S/c1-6-4-17-8(15-6)3-12-9-7(2)10(16-11)14-5-13-9/h4-5H,3,11H2,1-2H3,(H2,12,13,14,16). The van der Waals surface area contributed by atoms with Crippen molar-refractivity contribution in [3.05, 3.63) is 28.0 Å². The van der Waals surface area contributed by atoms with Crippen molar-refractivity contribution in [3.63, 3.8) is 0 Å². The van der Waals surface area contributed by atoms with Crippen molar-refractivity contribution < 1.29 is 0 Å². The monoisotopic (exact) mass is 250 g/mol. The number of aryl methyl sites for hydroxylation is 1. The van der Waals surface area contributed by atoms with E-state index in [0.29, 0.717) is 12.4 Å². The topological polar surface area (TPSA) is 88.8 Å². The van der Waals surface area contributed by atoms with E-state index in [1.807, 2.05) is 19.2 Å². The van der Waals surface area contributed by atoms with Crippen molar-refractivity contribution in [2.24, 2.45) is 5.84 Å². The maximum absolute atomic E-state index is 5.35. The Morgan fingerprint density at radius 1 is 1.29 bits per heavy atom. The fourth-order valence-corrected chi connectivity index (χ4v) is 2.13. The lowest BCUT2D eigenvalue weighted by Gasteiger charge is -2.09. The van der Waals surface area contributed by atoms with Gasteiger partial charge in [0.05, 0.1) is 6.54 Å². The molecule has 6 nitrogen and oxygen atoms in total. The molecule has 0 aliphatic heterocycles. The van der Waals surface area contributed by atoms with Crippen molar-refractivity contribution >= 4 is 23.0 Å². The molecule has 0 unspecified atom stereocenters. The SMILES string of the molecule is Cc1csc(CNc2ncnc(NN)c2C)n1. The molecule has 17 heavy (non-hydrogen) atoms. The quantitative estimate of drug-likeness (QED) is 0.562. The second kappa shape index (κ2) is 5.07. The summed E-state index contributed by atoms with van der Waals surface area (Å²) in [6.07, 6.45) is 1.47. The van der Waals surface area contributed by atoms with Crippen LogP contribution in [0.15, 0.2) is 11.7 Å². The van der Waals surface area contributed by atoms with Gasteiger partial charge in [0, 0.05) is 16.6 Å². The third kappa shape index (κ3) is 2.69. The van der Waals surface area contributed by atoms with Crippen LogP contribution in [0.1, 0.15) is 16.3 Å². The molecule has 0 atom stereocenters. The Morgan fingerprint density at radius 2 is 2.06 bits per heavy atom. The molecule has 0 saturated heterocycles. The van der Waals surface area contributed by atoms with Gasteiger partial charge < -0.3 is 10.7 Å². The number of aromatic nitrogens is 3. The van der Waals surface area contributed by atoms with E-state index in [4.69, 9.17) is 5.84 Å². The first kappa shape index (κ1) is 11.7. The molecule has 2 aromatic heterocycles. The first-order chi connectivity index (χ1) is 8.20. The van der Waals surface area contributed by atoms with Crippen molar-refractivity contribution in [3.8, 4) is 0 Å². The fourth-order valence-electron chi connectivity index (χ4n) is 1.42. The summed E-state index contributed by atoms with van der Waals surface area (Å²) in [6, 6.07) is 0.